The molecule has 0 aromatic carbocycles. The standard InChI is InChI=1S/C14H24BN3O2/c1-13(2)14(3,4)20-15(19-13)11-7-10(9-18(5)6)12(16)17-8-11/h7-8H,9H2,1-6H3,(H2,16,17). The molecule has 6 heteroatoms. The van der Waals surface area contributed by atoms with Gasteiger partial charge in [0.15, 0.2) is 0 Å². The van der Waals surface area contributed by atoms with Gasteiger partial charge in [0.2, 0.25) is 0 Å². The first-order chi connectivity index (χ1) is 9.12. The Morgan fingerprint density at radius 1 is 1.20 bits per heavy atom. The molecule has 20 heavy (non-hydrogen) atoms. The fourth-order valence-corrected chi connectivity index (χ4v) is 2.11. The Balaban J connectivity index is 2.27. The zero-order valence-electron chi connectivity index (χ0n) is 13.2. The van der Waals surface area contributed by atoms with Crippen molar-refractivity contribution in [1.82, 2.24) is 9.88 Å². The maximum absolute atomic E-state index is 6.03. The minimum atomic E-state index is -0.394. The number of pyridine rings is 1. The molecular weight excluding hydrogens is 253 g/mol. The monoisotopic (exact) mass is 277 g/mol. The lowest BCUT2D eigenvalue weighted by Gasteiger charge is -2.32. The highest BCUT2D eigenvalue weighted by molar-refractivity contribution is 6.62. The van der Waals surface area contributed by atoms with Crippen LogP contribution in [-0.2, 0) is 15.9 Å². The van der Waals surface area contributed by atoms with E-state index in [-0.39, 0.29) is 11.2 Å². The van der Waals surface area contributed by atoms with Gasteiger partial charge in [-0.2, -0.15) is 0 Å². The van der Waals surface area contributed by atoms with Crippen LogP contribution in [0, 0.1) is 0 Å². The summed E-state index contributed by atoms with van der Waals surface area (Å²) in [5.74, 6) is 0.555. The van der Waals surface area contributed by atoms with Crippen molar-refractivity contribution in [3.05, 3.63) is 17.8 Å². The molecule has 1 aromatic rings. The Kier molecular flexibility index (Phi) is 3.84. The summed E-state index contributed by atoms with van der Waals surface area (Å²) < 4.78 is 12.1. The summed E-state index contributed by atoms with van der Waals surface area (Å²) in [5.41, 5.74) is 7.13. The second-order valence-corrected chi connectivity index (χ2v) is 6.64. The lowest BCUT2D eigenvalue weighted by molar-refractivity contribution is 0.00578. The van der Waals surface area contributed by atoms with Crippen LogP contribution < -0.4 is 11.2 Å². The fourth-order valence-electron chi connectivity index (χ4n) is 2.11. The molecule has 1 aromatic heterocycles. The van der Waals surface area contributed by atoms with Gasteiger partial charge in [-0.3, -0.25) is 0 Å². The van der Waals surface area contributed by atoms with Gasteiger partial charge in [0.1, 0.15) is 5.82 Å². The van der Waals surface area contributed by atoms with Crippen molar-refractivity contribution in [3.63, 3.8) is 0 Å². The van der Waals surface area contributed by atoms with E-state index in [9.17, 15) is 0 Å². The van der Waals surface area contributed by atoms with Crippen LogP contribution in [0.1, 0.15) is 33.3 Å². The highest BCUT2D eigenvalue weighted by atomic mass is 16.7. The minimum Gasteiger partial charge on any atom is -0.399 e. The van der Waals surface area contributed by atoms with Crippen LogP contribution in [0.5, 0.6) is 0 Å². The molecule has 0 atom stereocenters. The molecule has 0 bridgehead atoms. The van der Waals surface area contributed by atoms with Gasteiger partial charge in [-0.25, -0.2) is 4.98 Å². The van der Waals surface area contributed by atoms with Crippen LogP contribution in [0.2, 0.25) is 0 Å². The van der Waals surface area contributed by atoms with Crippen molar-refractivity contribution in [3.8, 4) is 0 Å². The molecule has 0 amide bonds. The lowest BCUT2D eigenvalue weighted by atomic mass is 9.79. The van der Waals surface area contributed by atoms with E-state index in [0.717, 1.165) is 17.6 Å². The quantitative estimate of drug-likeness (QED) is 0.836. The molecule has 0 aliphatic carbocycles. The van der Waals surface area contributed by atoms with Crippen molar-refractivity contribution < 1.29 is 9.31 Å². The largest absolute Gasteiger partial charge is 0.496 e. The fraction of sp³-hybridized carbons (Fsp3) is 0.643. The summed E-state index contributed by atoms with van der Waals surface area (Å²) in [6.45, 7) is 8.90. The zero-order valence-corrected chi connectivity index (χ0v) is 13.2. The third-order valence-electron chi connectivity index (χ3n) is 4.03. The summed E-state index contributed by atoms with van der Waals surface area (Å²) in [7, 11) is 3.61. The molecule has 1 aliphatic rings. The average Bonchev–Trinajstić information content (AvgIpc) is 2.50. The second kappa shape index (κ2) is 5.02. The normalized spacial score (nSPS) is 20.6. The van der Waals surface area contributed by atoms with Gasteiger partial charge in [0, 0.05) is 23.8 Å². The van der Waals surface area contributed by atoms with E-state index < -0.39 is 7.12 Å². The molecule has 1 fully saturated rings. The van der Waals surface area contributed by atoms with Gasteiger partial charge in [0.05, 0.1) is 11.2 Å². The number of nitrogens with zero attached hydrogens (tertiary/aromatic N) is 2. The van der Waals surface area contributed by atoms with E-state index in [1.54, 1.807) is 6.20 Å². The van der Waals surface area contributed by atoms with E-state index in [2.05, 4.69) is 9.88 Å². The molecule has 0 unspecified atom stereocenters. The lowest BCUT2D eigenvalue weighted by Crippen LogP contribution is -2.41. The van der Waals surface area contributed by atoms with E-state index in [0.29, 0.717) is 5.82 Å². The summed E-state index contributed by atoms with van der Waals surface area (Å²) >= 11 is 0. The summed E-state index contributed by atoms with van der Waals surface area (Å²) in [4.78, 5) is 6.32. The maximum Gasteiger partial charge on any atom is 0.496 e. The van der Waals surface area contributed by atoms with Crippen molar-refractivity contribution in [2.75, 3.05) is 19.8 Å². The third kappa shape index (κ3) is 2.82. The third-order valence-corrected chi connectivity index (χ3v) is 4.03. The number of hydrogen-bond acceptors (Lipinski definition) is 5. The Hall–Kier alpha value is -1.11. The summed E-state index contributed by atoms with van der Waals surface area (Å²) in [6, 6.07) is 2.02. The highest BCUT2D eigenvalue weighted by Gasteiger charge is 2.51. The molecular formula is C14H24BN3O2. The van der Waals surface area contributed by atoms with E-state index in [1.165, 1.54) is 0 Å². The first-order valence-electron chi connectivity index (χ1n) is 6.87. The Morgan fingerprint density at radius 2 is 1.75 bits per heavy atom. The van der Waals surface area contributed by atoms with Crippen LogP contribution in [-0.4, -0.2) is 42.3 Å². The molecule has 2 N–H and O–H groups in total. The van der Waals surface area contributed by atoms with Gasteiger partial charge in [-0.1, -0.05) is 6.07 Å². The molecule has 2 heterocycles. The Morgan fingerprint density at radius 3 is 2.25 bits per heavy atom. The van der Waals surface area contributed by atoms with Crippen molar-refractivity contribution in [1.29, 1.82) is 0 Å². The summed E-state index contributed by atoms with van der Waals surface area (Å²) in [5, 5.41) is 0. The minimum absolute atomic E-state index is 0.346. The van der Waals surface area contributed by atoms with Crippen molar-refractivity contribution in [2.45, 2.75) is 45.4 Å². The number of rotatable bonds is 3. The topological polar surface area (TPSA) is 60.6 Å². The number of anilines is 1. The maximum atomic E-state index is 6.03. The van der Waals surface area contributed by atoms with Crippen molar-refractivity contribution in [2.24, 2.45) is 0 Å². The van der Waals surface area contributed by atoms with Crippen LogP contribution in [0.4, 0.5) is 5.82 Å². The highest BCUT2D eigenvalue weighted by Crippen LogP contribution is 2.36. The molecule has 0 radical (unpaired) electrons. The van der Waals surface area contributed by atoms with E-state index >= 15 is 0 Å². The first kappa shape index (κ1) is 15.3. The number of nitrogen functional groups attached to an aromatic ring is 1. The SMILES string of the molecule is CN(C)Cc1cc(B2OC(C)(C)C(C)(C)O2)cnc1N. The average molecular weight is 277 g/mol. The van der Waals surface area contributed by atoms with Crippen LogP contribution in [0.25, 0.3) is 0 Å². The number of hydrogen-bond donors (Lipinski definition) is 1. The molecule has 0 saturated carbocycles. The first-order valence-corrected chi connectivity index (χ1v) is 6.87. The molecule has 1 aliphatic heterocycles. The van der Waals surface area contributed by atoms with Gasteiger partial charge in [-0.05, 0) is 41.8 Å². The van der Waals surface area contributed by atoms with Crippen LogP contribution >= 0.6 is 0 Å². The molecule has 5 nitrogen and oxygen atoms in total. The molecule has 2 rings (SSSR count). The Labute approximate surface area is 121 Å². The smallest absolute Gasteiger partial charge is 0.399 e. The van der Waals surface area contributed by atoms with Gasteiger partial charge < -0.3 is 19.9 Å². The van der Waals surface area contributed by atoms with Crippen LogP contribution in [0.15, 0.2) is 12.3 Å². The van der Waals surface area contributed by atoms with Gasteiger partial charge in [-0.15, -0.1) is 0 Å². The van der Waals surface area contributed by atoms with Crippen LogP contribution in [0.3, 0.4) is 0 Å². The predicted molar refractivity (Wildman–Crippen MR) is 81.8 cm³/mol. The summed E-state index contributed by atoms with van der Waals surface area (Å²) in [6.07, 6.45) is 1.73. The second-order valence-electron chi connectivity index (χ2n) is 6.64. The number of nitrogens with two attached hydrogens (primary N) is 1. The predicted octanol–water partition coefficient (Wildman–Crippen LogP) is 1.02. The zero-order chi connectivity index (χ0) is 15.1. The van der Waals surface area contributed by atoms with Gasteiger partial charge in [0.25, 0.3) is 0 Å². The van der Waals surface area contributed by atoms with E-state index in [1.807, 2.05) is 47.9 Å². The van der Waals surface area contributed by atoms with E-state index in [4.69, 9.17) is 15.0 Å². The van der Waals surface area contributed by atoms with Gasteiger partial charge >= 0.3 is 7.12 Å². The number of aromatic nitrogens is 1. The van der Waals surface area contributed by atoms with Crippen molar-refractivity contribution >= 4 is 18.4 Å². The molecule has 110 valence electrons. The Bertz CT molecular complexity index is 487. The molecule has 0 spiro atoms. The molecule has 1 saturated heterocycles.